The molecule has 0 unspecified atom stereocenters. The van der Waals surface area contributed by atoms with Crippen molar-refractivity contribution < 1.29 is 13.2 Å². The summed E-state index contributed by atoms with van der Waals surface area (Å²) in [4.78, 5) is 4.52. The molecule has 0 bridgehead atoms. The van der Waals surface area contributed by atoms with Gasteiger partial charge in [0.05, 0.1) is 12.8 Å². The highest BCUT2D eigenvalue weighted by atomic mass is 32.2. The van der Waals surface area contributed by atoms with Crippen molar-refractivity contribution in [2.24, 2.45) is 0 Å². The summed E-state index contributed by atoms with van der Waals surface area (Å²) in [7, 11) is 3.03. The van der Waals surface area contributed by atoms with Gasteiger partial charge in [0.15, 0.2) is 0 Å². The monoisotopic (exact) mass is 328 g/mol. The summed E-state index contributed by atoms with van der Waals surface area (Å²) in [5.41, 5.74) is 1.44. The quantitative estimate of drug-likeness (QED) is 0.860. The van der Waals surface area contributed by atoms with Gasteiger partial charge in [-0.1, -0.05) is 0 Å². The fourth-order valence-corrected chi connectivity index (χ4v) is 2.89. The van der Waals surface area contributed by atoms with E-state index in [1.165, 1.54) is 21.2 Å². The van der Waals surface area contributed by atoms with Crippen LogP contribution in [0, 0.1) is 0 Å². The number of methoxy groups -OCH3 is 1. The van der Waals surface area contributed by atoms with Crippen LogP contribution in [0.15, 0.2) is 18.2 Å². The molecular formula is C14H24N4O3S. The first-order valence-electron chi connectivity index (χ1n) is 7.15. The number of piperazine rings is 1. The molecule has 1 aromatic rings. The predicted octanol–water partition coefficient (Wildman–Crippen LogP) is 0.665. The topological polar surface area (TPSA) is 65.1 Å². The van der Waals surface area contributed by atoms with E-state index in [1.807, 2.05) is 12.1 Å². The fourth-order valence-electron chi connectivity index (χ4n) is 2.27. The molecule has 0 saturated carbocycles. The van der Waals surface area contributed by atoms with E-state index in [9.17, 15) is 8.42 Å². The maximum absolute atomic E-state index is 12.0. The Kier molecular flexibility index (Phi) is 5.15. The SMILES string of the molecule is COc1ccc(N2CCN(C)CC2)cc1NS(=O)(=O)N(C)C. The maximum Gasteiger partial charge on any atom is 0.301 e. The lowest BCUT2D eigenvalue weighted by atomic mass is 10.2. The van der Waals surface area contributed by atoms with Crippen molar-refractivity contribution >= 4 is 21.6 Å². The predicted molar refractivity (Wildman–Crippen MR) is 88.9 cm³/mol. The van der Waals surface area contributed by atoms with Crippen molar-refractivity contribution in [3.05, 3.63) is 18.2 Å². The van der Waals surface area contributed by atoms with E-state index >= 15 is 0 Å². The summed E-state index contributed by atoms with van der Waals surface area (Å²) in [6.45, 7) is 3.82. The first-order chi connectivity index (χ1) is 10.3. The Morgan fingerprint density at radius 1 is 1.18 bits per heavy atom. The van der Waals surface area contributed by atoms with Crippen LogP contribution >= 0.6 is 0 Å². The lowest BCUT2D eigenvalue weighted by Gasteiger charge is -2.34. The molecule has 124 valence electrons. The Morgan fingerprint density at radius 3 is 2.36 bits per heavy atom. The third-order valence-corrected chi connectivity index (χ3v) is 5.21. The van der Waals surface area contributed by atoms with Crippen LogP contribution in [-0.2, 0) is 10.2 Å². The van der Waals surface area contributed by atoms with Crippen molar-refractivity contribution in [1.29, 1.82) is 0 Å². The molecular weight excluding hydrogens is 304 g/mol. The normalized spacial score (nSPS) is 16.9. The molecule has 0 amide bonds. The van der Waals surface area contributed by atoms with Gasteiger partial charge in [-0.3, -0.25) is 4.72 Å². The minimum atomic E-state index is -3.56. The Bertz CT molecular complexity index is 611. The van der Waals surface area contributed by atoms with Crippen LogP contribution in [-0.4, -0.2) is 72.1 Å². The molecule has 1 aromatic carbocycles. The van der Waals surface area contributed by atoms with Gasteiger partial charge in [-0.2, -0.15) is 12.7 Å². The highest BCUT2D eigenvalue weighted by Crippen LogP contribution is 2.31. The summed E-state index contributed by atoms with van der Waals surface area (Å²) in [5.74, 6) is 0.503. The van der Waals surface area contributed by atoms with Crippen LogP contribution in [0.1, 0.15) is 0 Å². The molecule has 1 saturated heterocycles. The Morgan fingerprint density at radius 2 is 1.82 bits per heavy atom. The number of hydrogen-bond acceptors (Lipinski definition) is 5. The Balaban J connectivity index is 2.26. The standard InChI is InChI=1S/C14H24N4O3S/c1-16(2)22(19,20)15-13-11-12(5-6-14(13)21-4)18-9-7-17(3)8-10-18/h5-6,11,15H,7-10H2,1-4H3. The van der Waals surface area contributed by atoms with Crippen molar-refractivity contribution in [2.75, 3.05) is 64.1 Å². The van der Waals surface area contributed by atoms with E-state index in [-0.39, 0.29) is 0 Å². The van der Waals surface area contributed by atoms with Gasteiger partial charge in [0.1, 0.15) is 5.75 Å². The molecule has 2 rings (SSSR count). The second kappa shape index (κ2) is 6.72. The van der Waals surface area contributed by atoms with Gasteiger partial charge in [-0.05, 0) is 25.2 Å². The highest BCUT2D eigenvalue weighted by molar-refractivity contribution is 7.90. The average Bonchev–Trinajstić information content (AvgIpc) is 2.47. The molecule has 1 heterocycles. The number of nitrogens with zero attached hydrogens (tertiary/aromatic N) is 3. The molecule has 1 aliphatic heterocycles. The lowest BCUT2D eigenvalue weighted by Crippen LogP contribution is -2.44. The third kappa shape index (κ3) is 3.82. The second-order valence-corrected chi connectivity index (χ2v) is 7.45. The maximum atomic E-state index is 12.0. The number of benzene rings is 1. The minimum absolute atomic E-state index is 0.452. The summed E-state index contributed by atoms with van der Waals surface area (Å²) >= 11 is 0. The summed E-state index contributed by atoms with van der Waals surface area (Å²) in [6.07, 6.45) is 0. The van der Waals surface area contributed by atoms with E-state index in [1.54, 1.807) is 6.07 Å². The zero-order valence-electron chi connectivity index (χ0n) is 13.5. The van der Waals surface area contributed by atoms with E-state index < -0.39 is 10.2 Å². The lowest BCUT2D eigenvalue weighted by molar-refractivity contribution is 0.313. The minimum Gasteiger partial charge on any atom is -0.495 e. The largest absolute Gasteiger partial charge is 0.495 e. The molecule has 1 aliphatic rings. The Hall–Kier alpha value is -1.51. The van der Waals surface area contributed by atoms with Gasteiger partial charge in [-0.25, -0.2) is 0 Å². The average molecular weight is 328 g/mol. The van der Waals surface area contributed by atoms with Gasteiger partial charge in [0.2, 0.25) is 0 Å². The van der Waals surface area contributed by atoms with Crippen LogP contribution in [0.2, 0.25) is 0 Å². The number of anilines is 2. The smallest absolute Gasteiger partial charge is 0.301 e. The van der Waals surface area contributed by atoms with Crippen LogP contribution in [0.25, 0.3) is 0 Å². The van der Waals surface area contributed by atoms with Crippen LogP contribution in [0.5, 0.6) is 5.75 Å². The second-order valence-electron chi connectivity index (χ2n) is 5.56. The van der Waals surface area contributed by atoms with E-state index in [0.717, 1.165) is 36.2 Å². The Labute approximate surface area is 132 Å². The summed E-state index contributed by atoms with van der Waals surface area (Å²) in [5, 5.41) is 0. The molecule has 7 nitrogen and oxygen atoms in total. The molecule has 22 heavy (non-hydrogen) atoms. The summed E-state index contributed by atoms with van der Waals surface area (Å²) in [6, 6.07) is 5.57. The molecule has 0 spiro atoms. The molecule has 0 radical (unpaired) electrons. The molecule has 0 aromatic heterocycles. The molecule has 0 aliphatic carbocycles. The van der Waals surface area contributed by atoms with Gasteiger partial charge in [0.25, 0.3) is 0 Å². The van der Waals surface area contributed by atoms with Crippen LogP contribution in [0.4, 0.5) is 11.4 Å². The van der Waals surface area contributed by atoms with Crippen LogP contribution in [0.3, 0.4) is 0 Å². The first-order valence-corrected chi connectivity index (χ1v) is 8.59. The van der Waals surface area contributed by atoms with E-state index in [0.29, 0.717) is 11.4 Å². The van der Waals surface area contributed by atoms with Crippen molar-refractivity contribution in [2.45, 2.75) is 0 Å². The zero-order valence-corrected chi connectivity index (χ0v) is 14.4. The van der Waals surface area contributed by atoms with Crippen molar-refractivity contribution in [3.8, 4) is 5.75 Å². The van der Waals surface area contributed by atoms with Crippen LogP contribution < -0.4 is 14.4 Å². The van der Waals surface area contributed by atoms with Gasteiger partial charge >= 0.3 is 10.2 Å². The van der Waals surface area contributed by atoms with E-state index in [2.05, 4.69) is 21.6 Å². The summed E-state index contributed by atoms with van der Waals surface area (Å²) < 4.78 is 33.0. The van der Waals surface area contributed by atoms with Crippen molar-refractivity contribution in [1.82, 2.24) is 9.21 Å². The highest BCUT2D eigenvalue weighted by Gasteiger charge is 2.19. The van der Waals surface area contributed by atoms with Crippen molar-refractivity contribution in [3.63, 3.8) is 0 Å². The molecule has 0 atom stereocenters. The number of rotatable bonds is 5. The first kappa shape index (κ1) is 16.9. The van der Waals surface area contributed by atoms with Gasteiger partial charge < -0.3 is 14.5 Å². The number of nitrogens with one attached hydrogen (secondary N) is 1. The molecule has 1 N–H and O–H groups in total. The third-order valence-electron chi connectivity index (χ3n) is 3.77. The fraction of sp³-hybridized carbons (Fsp3) is 0.571. The number of hydrogen-bond donors (Lipinski definition) is 1. The zero-order chi connectivity index (χ0) is 16.3. The van der Waals surface area contributed by atoms with Gasteiger partial charge in [0, 0.05) is 46.0 Å². The number of likely N-dealkylation sites (N-methyl/N-ethyl adjacent to an activating group) is 1. The molecule has 8 heteroatoms. The number of ether oxygens (including phenoxy) is 1. The molecule has 1 fully saturated rings. The van der Waals surface area contributed by atoms with Gasteiger partial charge in [-0.15, -0.1) is 0 Å². The van der Waals surface area contributed by atoms with E-state index in [4.69, 9.17) is 4.74 Å².